The van der Waals surface area contributed by atoms with Gasteiger partial charge in [0.1, 0.15) is 6.04 Å². The predicted molar refractivity (Wildman–Crippen MR) is 54.7 cm³/mol. The molecule has 6 nitrogen and oxygen atoms in total. The van der Waals surface area contributed by atoms with Crippen LogP contribution in [0.2, 0.25) is 0 Å². The van der Waals surface area contributed by atoms with E-state index in [9.17, 15) is 9.59 Å². The summed E-state index contributed by atoms with van der Waals surface area (Å²) in [5.41, 5.74) is 0.650. The van der Waals surface area contributed by atoms with Crippen LogP contribution in [0, 0.1) is 6.92 Å². The molecule has 0 radical (unpaired) electrons. The highest BCUT2D eigenvalue weighted by molar-refractivity contribution is 5.96. The number of nitrogens with one attached hydrogen (secondary N) is 1. The zero-order chi connectivity index (χ0) is 11.7. The predicted octanol–water partition coefficient (Wildman–Crippen LogP) is -0.0565. The number of aryl methyl sites for hydroxylation is 1. The lowest BCUT2D eigenvalue weighted by molar-refractivity contribution is -0.127. The first-order valence-corrected chi connectivity index (χ1v) is 5.11. The lowest BCUT2D eigenvalue weighted by Crippen LogP contribution is -2.55. The molecule has 0 bridgehead atoms. The fourth-order valence-electron chi connectivity index (χ4n) is 1.67. The van der Waals surface area contributed by atoms with E-state index in [-0.39, 0.29) is 17.6 Å². The van der Waals surface area contributed by atoms with Gasteiger partial charge in [-0.25, -0.2) is 0 Å². The molecule has 1 aromatic heterocycles. The van der Waals surface area contributed by atoms with Gasteiger partial charge in [0.25, 0.3) is 5.91 Å². The molecule has 0 aromatic carbocycles. The van der Waals surface area contributed by atoms with Gasteiger partial charge >= 0.3 is 0 Å². The Hall–Kier alpha value is -1.85. The van der Waals surface area contributed by atoms with Crippen LogP contribution < -0.4 is 5.32 Å². The highest BCUT2D eigenvalue weighted by Gasteiger charge is 2.31. The Kier molecular flexibility index (Phi) is 2.64. The van der Waals surface area contributed by atoms with Crippen LogP contribution in [0.3, 0.4) is 0 Å². The molecule has 6 heteroatoms. The highest BCUT2D eigenvalue weighted by atomic mass is 16.5. The third kappa shape index (κ3) is 1.78. The van der Waals surface area contributed by atoms with E-state index >= 15 is 0 Å². The van der Waals surface area contributed by atoms with Crippen molar-refractivity contribution in [3.63, 3.8) is 0 Å². The maximum Gasteiger partial charge on any atom is 0.293 e. The number of hydrogen-bond acceptors (Lipinski definition) is 4. The highest BCUT2D eigenvalue weighted by Crippen LogP contribution is 2.11. The number of carbonyl (C=O) groups excluding carboxylic acids is 2. The molecule has 1 aliphatic rings. The standard InChI is InChI=1S/C10H13N3O3/c1-6-5-8(16-12-6)10(15)13-4-3-11-9(14)7(13)2/h5,7H,3-4H2,1-2H3,(H,11,14). The van der Waals surface area contributed by atoms with Gasteiger partial charge < -0.3 is 14.7 Å². The van der Waals surface area contributed by atoms with E-state index in [4.69, 9.17) is 4.52 Å². The lowest BCUT2D eigenvalue weighted by Gasteiger charge is -2.31. The molecule has 1 aromatic rings. The van der Waals surface area contributed by atoms with Crippen molar-refractivity contribution in [1.29, 1.82) is 0 Å². The second-order valence-electron chi connectivity index (χ2n) is 3.80. The summed E-state index contributed by atoms with van der Waals surface area (Å²) in [6.07, 6.45) is 0. The van der Waals surface area contributed by atoms with Crippen LogP contribution in [-0.4, -0.2) is 41.0 Å². The van der Waals surface area contributed by atoms with E-state index in [0.717, 1.165) is 0 Å². The summed E-state index contributed by atoms with van der Waals surface area (Å²) in [6.45, 7) is 4.40. The number of amides is 2. The van der Waals surface area contributed by atoms with Gasteiger partial charge in [-0.2, -0.15) is 0 Å². The first-order valence-electron chi connectivity index (χ1n) is 5.11. The largest absolute Gasteiger partial charge is 0.353 e. The zero-order valence-corrected chi connectivity index (χ0v) is 9.19. The molecular weight excluding hydrogens is 210 g/mol. The second kappa shape index (κ2) is 3.96. The van der Waals surface area contributed by atoms with Crippen molar-refractivity contribution in [2.45, 2.75) is 19.9 Å². The van der Waals surface area contributed by atoms with Crippen molar-refractivity contribution >= 4 is 11.8 Å². The summed E-state index contributed by atoms with van der Waals surface area (Å²) in [6, 6.07) is 1.10. The molecule has 0 aliphatic carbocycles. The van der Waals surface area contributed by atoms with Crippen LogP contribution in [0.25, 0.3) is 0 Å². The number of nitrogens with zero attached hydrogens (tertiary/aromatic N) is 2. The van der Waals surface area contributed by atoms with Crippen LogP contribution in [0.5, 0.6) is 0 Å². The fraction of sp³-hybridized carbons (Fsp3) is 0.500. The molecule has 2 rings (SSSR count). The number of hydrogen-bond donors (Lipinski definition) is 1. The van der Waals surface area contributed by atoms with Crippen molar-refractivity contribution in [2.24, 2.45) is 0 Å². The fourth-order valence-corrected chi connectivity index (χ4v) is 1.67. The summed E-state index contributed by atoms with van der Waals surface area (Å²) in [5, 5.41) is 6.35. The normalized spacial score (nSPS) is 20.8. The molecule has 1 N–H and O–H groups in total. The van der Waals surface area contributed by atoms with E-state index in [0.29, 0.717) is 18.8 Å². The summed E-state index contributed by atoms with van der Waals surface area (Å²) in [7, 11) is 0. The summed E-state index contributed by atoms with van der Waals surface area (Å²) in [5.74, 6) is -0.252. The topological polar surface area (TPSA) is 75.4 Å². The minimum atomic E-state index is -0.466. The average molecular weight is 223 g/mol. The van der Waals surface area contributed by atoms with Crippen molar-refractivity contribution in [1.82, 2.24) is 15.4 Å². The number of carbonyl (C=O) groups is 2. The van der Waals surface area contributed by atoms with E-state index in [1.54, 1.807) is 19.9 Å². The van der Waals surface area contributed by atoms with Crippen molar-refractivity contribution in [3.8, 4) is 0 Å². The molecule has 2 amide bonds. The van der Waals surface area contributed by atoms with Gasteiger partial charge in [0.15, 0.2) is 0 Å². The van der Waals surface area contributed by atoms with Crippen LogP contribution in [0.4, 0.5) is 0 Å². The Balaban J connectivity index is 2.18. The van der Waals surface area contributed by atoms with Gasteiger partial charge in [0, 0.05) is 19.2 Å². The van der Waals surface area contributed by atoms with Gasteiger partial charge in [-0.15, -0.1) is 0 Å². The number of rotatable bonds is 1. The summed E-state index contributed by atoms with van der Waals surface area (Å²) < 4.78 is 4.89. The molecule has 1 aliphatic heterocycles. The molecule has 1 atom stereocenters. The number of piperazine rings is 1. The van der Waals surface area contributed by atoms with Gasteiger partial charge in [-0.3, -0.25) is 9.59 Å². The average Bonchev–Trinajstić information content (AvgIpc) is 2.68. The Bertz CT molecular complexity index is 427. The minimum absolute atomic E-state index is 0.143. The molecular formula is C10H13N3O3. The van der Waals surface area contributed by atoms with E-state index in [1.165, 1.54) is 4.90 Å². The molecule has 16 heavy (non-hydrogen) atoms. The molecule has 1 unspecified atom stereocenters. The minimum Gasteiger partial charge on any atom is -0.353 e. The summed E-state index contributed by atoms with van der Waals surface area (Å²) in [4.78, 5) is 24.9. The number of aromatic nitrogens is 1. The van der Waals surface area contributed by atoms with Gasteiger partial charge in [0.05, 0.1) is 5.69 Å². The Morgan fingerprint density at radius 1 is 1.69 bits per heavy atom. The van der Waals surface area contributed by atoms with Gasteiger partial charge in [-0.05, 0) is 13.8 Å². The Morgan fingerprint density at radius 2 is 2.44 bits per heavy atom. The third-order valence-corrected chi connectivity index (χ3v) is 2.60. The molecule has 1 saturated heterocycles. The summed E-state index contributed by atoms with van der Waals surface area (Å²) >= 11 is 0. The van der Waals surface area contributed by atoms with Crippen LogP contribution in [0.1, 0.15) is 23.2 Å². The smallest absolute Gasteiger partial charge is 0.293 e. The van der Waals surface area contributed by atoms with Crippen LogP contribution in [0.15, 0.2) is 10.6 Å². The maximum atomic E-state index is 12.0. The Morgan fingerprint density at radius 3 is 3.06 bits per heavy atom. The molecule has 86 valence electrons. The first-order chi connectivity index (χ1) is 7.59. The van der Waals surface area contributed by atoms with Crippen molar-refractivity contribution < 1.29 is 14.1 Å². The second-order valence-corrected chi connectivity index (χ2v) is 3.80. The first kappa shape index (κ1) is 10.7. The Labute approximate surface area is 92.6 Å². The monoisotopic (exact) mass is 223 g/mol. The van der Waals surface area contributed by atoms with E-state index < -0.39 is 6.04 Å². The lowest BCUT2D eigenvalue weighted by atomic mass is 10.2. The third-order valence-electron chi connectivity index (χ3n) is 2.60. The van der Waals surface area contributed by atoms with E-state index in [1.807, 2.05) is 0 Å². The molecule has 0 spiro atoms. The van der Waals surface area contributed by atoms with Gasteiger partial charge in [0.2, 0.25) is 11.7 Å². The quantitative estimate of drug-likeness (QED) is 0.724. The SMILES string of the molecule is Cc1cc(C(=O)N2CCNC(=O)C2C)on1. The maximum absolute atomic E-state index is 12.0. The zero-order valence-electron chi connectivity index (χ0n) is 9.19. The molecule has 1 fully saturated rings. The molecule has 2 heterocycles. The molecule has 0 saturated carbocycles. The van der Waals surface area contributed by atoms with Crippen LogP contribution >= 0.6 is 0 Å². The van der Waals surface area contributed by atoms with Crippen molar-refractivity contribution in [2.75, 3.05) is 13.1 Å². The van der Waals surface area contributed by atoms with Crippen molar-refractivity contribution in [3.05, 3.63) is 17.5 Å². The van der Waals surface area contributed by atoms with Crippen LogP contribution in [-0.2, 0) is 4.79 Å². The van der Waals surface area contributed by atoms with Gasteiger partial charge in [-0.1, -0.05) is 5.16 Å². The van der Waals surface area contributed by atoms with E-state index in [2.05, 4.69) is 10.5 Å².